The van der Waals surface area contributed by atoms with E-state index in [2.05, 4.69) is 6.92 Å². The van der Waals surface area contributed by atoms with Crippen LogP contribution in [0.3, 0.4) is 0 Å². The lowest BCUT2D eigenvalue weighted by molar-refractivity contribution is -0.217. The van der Waals surface area contributed by atoms with Crippen LogP contribution >= 0.6 is 0 Å². The van der Waals surface area contributed by atoms with Crippen LogP contribution in [0.1, 0.15) is 0 Å². The fourth-order valence-electron chi connectivity index (χ4n) is 1.18. The smallest absolute Gasteiger partial charge is 0.111 e. The van der Waals surface area contributed by atoms with Gasteiger partial charge in [0.05, 0.1) is 12.7 Å². The van der Waals surface area contributed by atoms with Gasteiger partial charge in [0.15, 0.2) is 0 Å². The van der Waals surface area contributed by atoms with Crippen molar-refractivity contribution in [3.05, 3.63) is 6.92 Å². The molecule has 1 fully saturated rings. The minimum absolute atomic E-state index is 0.406. The first kappa shape index (κ1) is 9.88. The van der Waals surface area contributed by atoms with Crippen LogP contribution in [0.2, 0.25) is 0 Å². The molecule has 0 bridgehead atoms. The van der Waals surface area contributed by atoms with Gasteiger partial charge in [0.1, 0.15) is 24.4 Å². The van der Waals surface area contributed by atoms with Crippen LogP contribution < -0.4 is 0 Å². The molecule has 0 saturated carbocycles. The van der Waals surface area contributed by atoms with Crippen molar-refractivity contribution >= 4 is 0 Å². The SMILES string of the molecule is [CH2][C@@H]1OC(CO)[C@@H](O)[C@H](O)C1O. The minimum Gasteiger partial charge on any atom is -0.394 e. The molecule has 4 N–H and O–H groups in total. The first-order chi connectivity index (χ1) is 5.57. The van der Waals surface area contributed by atoms with Crippen molar-refractivity contribution in [2.45, 2.75) is 30.5 Å². The monoisotopic (exact) mass is 177 g/mol. The van der Waals surface area contributed by atoms with Crippen LogP contribution in [0.15, 0.2) is 0 Å². The third kappa shape index (κ3) is 1.60. The van der Waals surface area contributed by atoms with Gasteiger partial charge in [-0.25, -0.2) is 0 Å². The van der Waals surface area contributed by atoms with Crippen molar-refractivity contribution in [2.75, 3.05) is 6.61 Å². The van der Waals surface area contributed by atoms with Crippen molar-refractivity contribution < 1.29 is 25.2 Å². The summed E-state index contributed by atoms with van der Waals surface area (Å²) in [5.74, 6) is 0. The van der Waals surface area contributed by atoms with Gasteiger partial charge >= 0.3 is 0 Å². The molecule has 5 nitrogen and oxygen atoms in total. The van der Waals surface area contributed by atoms with Gasteiger partial charge in [0.2, 0.25) is 0 Å². The van der Waals surface area contributed by atoms with Crippen LogP contribution in [0.25, 0.3) is 0 Å². The lowest BCUT2D eigenvalue weighted by Gasteiger charge is -2.38. The molecule has 1 heterocycles. The molecular formula is C7H13O5. The van der Waals surface area contributed by atoms with E-state index in [-0.39, 0.29) is 0 Å². The first-order valence-electron chi connectivity index (χ1n) is 3.71. The number of ether oxygens (including phenoxy) is 1. The Morgan fingerprint density at radius 2 is 1.67 bits per heavy atom. The Balaban J connectivity index is 2.63. The molecule has 0 aromatic heterocycles. The van der Waals surface area contributed by atoms with Gasteiger partial charge in [0.25, 0.3) is 0 Å². The highest BCUT2D eigenvalue weighted by molar-refractivity contribution is 4.92. The van der Waals surface area contributed by atoms with E-state index in [4.69, 9.17) is 14.9 Å². The molecule has 12 heavy (non-hydrogen) atoms. The Morgan fingerprint density at radius 1 is 1.08 bits per heavy atom. The number of hydrogen-bond donors (Lipinski definition) is 4. The van der Waals surface area contributed by atoms with Crippen LogP contribution in [0, 0.1) is 6.92 Å². The molecule has 1 aliphatic rings. The lowest BCUT2D eigenvalue weighted by atomic mass is 9.96. The van der Waals surface area contributed by atoms with Crippen LogP contribution in [0.5, 0.6) is 0 Å². The van der Waals surface area contributed by atoms with E-state index in [0.717, 1.165) is 0 Å². The predicted molar refractivity (Wildman–Crippen MR) is 39.1 cm³/mol. The van der Waals surface area contributed by atoms with E-state index in [9.17, 15) is 10.2 Å². The first-order valence-corrected chi connectivity index (χ1v) is 3.71. The second kappa shape index (κ2) is 3.68. The summed E-state index contributed by atoms with van der Waals surface area (Å²) in [5, 5.41) is 36.2. The molecule has 1 saturated heterocycles. The lowest BCUT2D eigenvalue weighted by Crippen LogP contribution is -2.57. The van der Waals surface area contributed by atoms with E-state index in [0.29, 0.717) is 0 Å². The molecule has 5 heteroatoms. The van der Waals surface area contributed by atoms with E-state index >= 15 is 0 Å². The van der Waals surface area contributed by atoms with Crippen LogP contribution in [0.4, 0.5) is 0 Å². The summed E-state index contributed by atoms with van der Waals surface area (Å²) in [6, 6.07) is 0. The van der Waals surface area contributed by atoms with Gasteiger partial charge in [-0.05, 0) is 6.92 Å². The zero-order valence-electron chi connectivity index (χ0n) is 6.50. The van der Waals surface area contributed by atoms with Gasteiger partial charge in [-0.2, -0.15) is 0 Å². The number of aliphatic hydroxyl groups is 4. The summed E-state index contributed by atoms with van der Waals surface area (Å²) in [5.41, 5.74) is 0. The maximum absolute atomic E-state index is 9.20. The van der Waals surface area contributed by atoms with Gasteiger partial charge in [-0.15, -0.1) is 0 Å². The molecule has 1 radical (unpaired) electrons. The van der Waals surface area contributed by atoms with Crippen molar-refractivity contribution in [3.63, 3.8) is 0 Å². The molecule has 0 spiro atoms. The average Bonchev–Trinajstić information content (AvgIpc) is 2.08. The van der Waals surface area contributed by atoms with E-state index in [1.165, 1.54) is 0 Å². The number of rotatable bonds is 1. The minimum atomic E-state index is -1.31. The molecule has 0 amide bonds. The maximum Gasteiger partial charge on any atom is 0.111 e. The zero-order chi connectivity index (χ0) is 9.30. The Bertz CT molecular complexity index is 146. The summed E-state index contributed by atoms with van der Waals surface area (Å²) in [6.45, 7) is 3.00. The maximum atomic E-state index is 9.20. The van der Waals surface area contributed by atoms with Crippen molar-refractivity contribution in [1.29, 1.82) is 0 Å². The highest BCUT2D eigenvalue weighted by Crippen LogP contribution is 2.19. The normalized spacial score (nSPS) is 49.2. The molecule has 0 aromatic rings. The van der Waals surface area contributed by atoms with E-state index in [1.54, 1.807) is 0 Å². The van der Waals surface area contributed by atoms with E-state index < -0.39 is 37.1 Å². The highest BCUT2D eigenvalue weighted by atomic mass is 16.5. The van der Waals surface area contributed by atoms with Crippen LogP contribution in [-0.4, -0.2) is 57.6 Å². The standard InChI is InChI=1S/C7H13O5/c1-3-5(9)7(11)6(10)4(2-8)12-3/h3-11H,1-2H2/t3-,4?,5?,6+,7+/m0/s1. The van der Waals surface area contributed by atoms with Crippen molar-refractivity contribution in [2.24, 2.45) is 0 Å². The molecule has 0 aromatic carbocycles. The topological polar surface area (TPSA) is 90.2 Å². The summed E-state index contributed by atoms with van der Waals surface area (Å²) in [6.07, 6.45) is -5.46. The fourth-order valence-corrected chi connectivity index (χ4v) is 1.18. The summed E-state index contributed by atoms with van der Waals surface area (Å²) < 4.78 is 4.91. The number of aliphatic hydroxyl groups excluding tert-OH is 4. The highest BCUT2D eigenvalue weighted by Gasteiger charge is 2.41. The third-order valence-corrected chi connectivity index (χ3v) is 1.99. The second-order valence-electron chi connectivity index (χ2n) is 2.87. The van der Waals surface area contributed by atoms with E-state index in [1.807, 2.05) is 0 Å². The van der Waals surface area contributed by atoms with Gasteiger partial charge < -0.3 is 25.2 Å². The second-order valence-corrected chi connectivity index (χ2v) is 2.87. The fraction of sp³-hybridized carbons (Fsp3) is 0.857. The Labute approximate surface area is 70.2 Å². The molecule has 5 atom stereocenters. The molecule has 0 aliphatic carbocycles. The van der Waals surface area contributed by atoms with Crippen LogP contribution in [-0.2, 0) is 4.74 Å². The molecule has 1 aliphatic heterocycles. The summed E-state index contributed by atoms with van der Waals surface area (Å²) in [4.78, 5) is 0. The molecule has 2 unspecified atom stereocenters. The third-order valence-electron chi connectivity index (χ3n) is 1.99. The molecule has 1 rings (SSSR count). The summed E-state index contributed by atoms with van der Waals surface area (Å²) in [7, 11) is 0. The Morgan fingerprint density at radius 3 is 2.17 bits per heavy atom. The van der Waals surface area contributed by atoms with Gasteiger partial charge in [0, 0.05) is 0 Å². The zero-order valence-corrected chi connectivity index (χ0v) is 6.50. The quantitative estimate of drug-likeness (QED) is 0.360. The summed E-state index contributed by atoms with van der Waals surface area (Å²) >= 11 is 0. The predicted octanol–water partition coefficient (Wildman–Crippen LogP) is -2.34. The Hall–Kier alpha value is -0.200. The number of hydrogen-bond acceptors (Lipinski definition) is 5. The van der Waals surface area contributed by atoms with Gasteiger partial charge in [-0.1, -0.05) is 0 Å². The largest absolute Gasteiger partial charge is 0.394 e. The van der Waals surface area contributed by atoms with Gasteiger partial charge in [-0.3, -0.25) is 0 Å². The van der Waals surface area contributed by atoms with Crippen molar-refractivity contribution in [3.8, 4) is 0 Å². The average molecular weight is 177 g/mol. The molecule has 71 valence electrons. The molecular weight excluding hydrogens is 164 g/mol. The van der Waals surface area contributed by atoms with Crippen molar-refractivity contribution in [1.82, 2.24) is 0 Å². The Kier molecular flexibility index (Phi) is 3.03.